The second-order valence-electron chi connectivity index (χ2n) is 9.09. The molecule has 0 amide bonds. The Balaban J connectivity index is 1.99. The zero-order valence-corrected chi connectivity index (χ0v) is 18.8. The zero-order valence-electron chi connectivity index (χ0n) is 17.0. The molecule has 1 aromatic carbocycles. The summed E-state index contributed by atoms with van der Waals surface area (Å²) in [5.41, 5.74) is -2.65. The number of hydrogen-bond acceptors (Lipinski definition) is 8. The molecule has 0 radical (unpaired) electrons. The molecule has 2 atom stereocenters. The summed E-state index contributed by atoms with van der Waals surface area (Å²) < 4.78 is 0.941. The maximum Gasteiger partial charge on any atom is 0.208 e. The lowest BCUT2D eigenvalue weighted by atomic mass is 9.73. The van der Waals surface area contributed by atoms with Crippen molar-refractivity contribution in [2.45, 2.75) is 51.1 Å². The van der Waals surface area contributed by atoms with E-state index in [0.717, 1.165) is 11.4 Å². The highest BCUT2D eigenvalue weighted by Gasteiger charge is 2.47. The largest absolute Gasteiger partial charge is 0.507 e. The third kappa shape index (κ3) is 2.73. The quantitative estimate of drug-likeness (QED) is 0.348. The Bertz CT molecular complexity index is 1160. The van der Waals surface area contributed by atoms with Crippen LogP contribution < -0.4 is 4.50 Å². The molecule has 9 heteroatoms. The molecule has 0 bridgehead atoms. The van der Waals surface area contributed by atoms with Crippen LogP contribution in [-0.2, 0) is 11.2 Å². The van der Waals surface area contributed by atoms with Gasteiger partial charge in [-0.1, -0.05) is 19.6 Å². The van der Waals surface area contributed by atoms with Gasteiger partial charge in [-0.2, -0.15) is 0 Å². The number of thiophene rings is 1. The average molecular weight is 447 g/mol. The molecule has 0 saturated heterocycles. The van der Waals surface area contributed by atoms with Crippen LogP contribution >= 0.6 is 11.3 Å². The number of carbonyl (C=O) groups is 3. The minimum atomic E-state index is -1.94. The second kappa shape index (κ2) is 6.33. The molecule has 1 heterocycles. The molecule has 0 spiro atoms. The van der Waals surface area contributed by atoms with Crippen LogP contribution in [0, 0.1) is 0 Å². The monoisotopic (exact) mass is 446 g/mol. The van der Waals surface area contributed by atoms with Gasteiger partial charge in [0.15, 0.2) is 11.6 Å². The molecule has 30 heavy (non-hydrogen) atoms. The number of aromatic hydroxyl groups is 2. The lowest BCUT2D eigenvalue weighted by Crippen LogP contribution is -2.44. The van der Waals surface area contributed by atoms with Crippen molar-refractivity contribution in [3.8, 4) is 11.5 Å². The Morgan fingerprint density at radius 1 is 1.13 bits per heavy atom. The van der Waals surface area contributed by atoms with Gasteiger partial charge in [-0.05, 0) is 17.5 Å². The highest BCUT2D eigenvalue weighted by molar-refractivity contribution is 7.28. The van der Waals surface area contributed by atoms with E-state index in [1.54, 1.807) is 6.07 Å². The summed E-state index contributed by atoms with van der Waals surface area (Å²) in [6, 6.07) is 1.69. The Labute approximate surface area is 177 Å². The summed E-state index contributed by atoms with van der Waals surface area (Å²) in [5, 5.41) is 42.9. The van der Waals surface area contributed by atoms with E-state index in [-0.39, 0.29) is 45.5 Å². The molecule has 0 aliphatic heterocycles. The number of aliphatic hydroxyl groups is 2. The summed E-state index contributed by atoms with van der Waals surface area (Å²) in [7, 11) is -1.83. The van der Waals surface area contributed by atoms with Crippen LogP contribution in [0.15, 0.2) is 6.07 Å². The van der Waals surface area contributed by atoms with E-state index in [1.165, 1.54) is 11.3 Å². The van der Waals surface area contributed by atoms with Gasteiger partial charge in [0.1, 0.15) is 17.1 Å². The van der Waals surface area contributed by atoms with Crippen molar-refractivity contribution in [1.82, 2.24) is 0 Å². The van der Waals surface area contributed by atoms with Crippen molar-refractivity contribution in [3.05, 3.63) is 38.8 Å². The van der Waals surface area contributed by atoms with Crippen molar-refractivity contribution in [2.75, 3.05) is 0 Å². The fraction of sp³-hybridized carbons (Fsp3) is 0.381. The van der Waals surface area contributed by atoms with Crippen molar-refractivity contribution in [3.63, 3.8) is 0 Å². The van der Waals surface area contributed by atoms with Crippen molar-refractivity contribution in [2.24, 2.45) is 0 Å². The SMILES string of the molecule is CC(=O)[C@]1(O)Cc2c(O)c3c(c(O)c2[C@H](O)C1)C(=O)c1sc([Si](C)(C)C)cc1C3=O. The van der Waals surface area contributed by atoms with Gasteiger partial charge in [0.2, 0.25) is 5.78 Å². The van der Waals surface area contributed by atoms with Crippen molar-refractivity contribution >= 4 is 41.3 Å². The van der Waals surface area contributed by atoms with Crippen LogP contribution in [-0.4, -0.2) is 51.5 Å². The van der Waals surface area contributed by atoms with Gasteiger partial charge in [-0.15, -0.1) is 11.3 Å². The Hall–Kier alpha value is -2.33. The first kappa shape index (κ1) is 20.9. The molecule has 4 N–H and O–H groups in total. The predicted octanol–water partition coefficient (Wildman–Crippen LogP) is 1.78. The van der Waals surface area contributed by atoms with Crippen LogP contribution in [0.5, 0.6) is 11.5 Å². The first-order chi connectivity index (χ1) is 13.8. The van der Waals surface area contributed by atoms with E-state index >= 15 is 0 Å². The van der Waals surface area contributed by atoms with Crippen LogP contribution in [0.1, 0.15) is 61.7 Å². The second-order valence-corrected chi connectivity index (χ2v) is 15.5. The highest BCUT2D eigenvalue weighted by atomic mass is 32.1. The number of fused-ring (bicyclic) bond motifs is 3. The van der Waals surface area contributed by atoms with E-state index in [4.69, 9.17) is 0 Å². The predicted molar refractivity (Wildman–Crippen MR) is 113 cm³/mol. The van der Waals surface area contributed by atoms with Crippen LogP contribution in [0.25, 0.3) is 0 Å². The molecular weight excluding hydrogens is 424 g/mol. The van der Waals surface area contributed by atoms with Gasteiger partial charge >= 0.3 is 0 Å². The number of benzene rings is 1. The number of hydrogen-bond donors (Lipinski definition) is 4. The van der Waals surface area contributed by atoms with Gasteiger partial charge in [-0.25, -0.2) is 0 Å². The Kier molecular flexibility index (Phi) is 4.42. The molecule has 0 saturated carbocycles. The Morgan fingerprint density at radius 2 is 1.73 bits per heavy atom. The summed E-state index contributed by atoms with van der Waals surface area (Å²) >= 11 is 1.23. The lowest BCUT2D eigenvalue weighted by molar-refractivity contribution is -0.139. The third-order valence-electron chi connectivity index (χ3n) is 5.95. The van der Waals surface area contributed by atoms with E-state index < -0.39 is 48.6 Å². The molecule has 4 rings (SSSR count). The summed E-state index contributed by atoms with van der Waals surface area (Å²) in [6.45, 7) is 7.41. The smallest absolute Gasteiger partial charge is 0.208 e. The van der Waals surface area contributed by atoms with Gasteiger partial charge in [-0.3, -0.25) is 14.4 Å². The summed E-state index contributed by atoms with van der Waals surface area (Å²) in [5.74, 6) is -2.94. The Morgan fingerprint density at radius 3 is 2.30 bits per heavy atom. The van der Waals surface area contributed by atoms with Crippen LogP contribution in [0.4, 0.5) is 0 Å². The highest BCUT2D eigenvalue weighted by Crippen LogP contribution is 2.50. The molecule has 0 unspecified atom stereocenters. The maximum atomic E-state index is 13.2. The fourth-order valence-corrected chi connectivity index (χ4v) is 7.14. The molecule has 158 valence electrons. The van der Waals surface area contributed by atoms with Gasteiger partial charge in [0.05, 0.1) is 30.2 Å². The van der Waals surface area contributed by atoms with Gasteiger partial charge in [0.25, 0.3) is 0 Å². The van der Waals surface area contributed by atoms with E-state index in [9.17, 15) is 34.8 Å². The number of Topliss-reactive ketones (excluding diaryl/α,β-unsaturated/α-hetero) is 1. The number of phenols is 2. The van der Waals surface area contributed by atoms with E-state index in [0.29, 0.717) is 0 Å². The van der Waals surface area contributed by atoms with Gasteiger partial charge < -0.3 is 20.4 Å². The standard InChI is InChI=1S/C21H22O7SSi/c1-8(22)21(28)6-10-13(11(23)7-21)18(26)15-14(17(10)25)16(24)9-5-12(30(2,3)4)29-20(9)19(15)27/h5,11,23,25-26,28H,6-7H2,1-4H3/t11-,21+/m1/s1. The molecular formula is C21H22O7SSi. The number of carbonyl (C=O) groups excluding carboxylic acids is 3. The lowest BCUT2D eigenvalue weighted by Gasteiger charge is -2.36. The molecule has 1 aromatic heterocycles. The first-order valence-corrected chi connectivity index (χ1v) is 13.9. The third-order valence-corrected chi connectivity index (χ3v) is 10.7. The van der Waals surface area contributed by atoms with Gasteiger partial charge in [0, 0.05) is 29.5 Å². The number of phenolic OH excluding ortho intramolecular Hbond substituents is 2. The zero-order chi connectivity index (χ0) is 22.3. The molecule has 0 fully saturated rings. The number of rotatable bonds is 2. The minimum absolute atomic E-state index is 0.0899. The fourth-order valence-electron chi connectivity index (χ4n) is 4.17. The van der Waals surface area contributed by atoms with E-state index in [2.05, 4.69) is 19.6 Å². The number of aliphatic hydroxyl groups excluding tert-OH is 1. The van der Waals surface area contributed by atoms with Crippen molar-refractivity contribution in [1.29, 1.82) is 0 Å². The first-order valence-electron chi connectivity index (χ1n) is 9.53. The molecule has 2 aromatic rings. The van der Waals surface area contributed by atoms with E-state index in [1.807, 2.05) is 0 Å². The van der Waals surface area contributed by atoms with Crippen LogP contribution in [0.2, 0.25) is 19.6 Å². The molecule has 2 aliphatic rings. The summed E-state index contributed by atoms with van der Waals surface area (Å²) in [6.07, 6.45) is -2.24. The summed E-state index contributed by atoms with van der Waals surface area (Å²) in [4.78, 5) is 38.6. The van der Waals surface area contributed by atoms with Crippen molar-refractivity contribution < 1.29 is 34.8 Å². The molecule has 7 nitrogen and oxygen atoms in total. The topological polar surface area (TPSA) is 132 Å². The minimum Gasteiger partial charge on any atom is -0.507 e. The van der Waals surface area contributed by atoms with Crippen LogP contribution in [0.3, 0.4) is 0 Å². The average Bonchev–Trinajstić information content (AvgIpc) is 3.08. The molecule has 2 aliphatic carbocycles. The maximum absolute atomic E-state index is 13.2. The number of ketones is 3. The normalized spacial score (nSPS) is 23.1.